The Kier molecular flexibility index (Phi) is 6.39. The lowest BCUT2D eigenvalue weighted by Gasteiger charge is -2.26. The Labute approximate surface area is 116 Å². The van der Waals surface area contributed by atoms with Crippen LogP contribution in [0.1, 0.15) is 39.0 Å². The van der Waals surface area contributed by atoms with Gasteiger partial charge in [-0.05, 0) is 18.3 Å². The molecule has 5 heteroatoms. The van der Waals surface area contributed by atoms with Crippen LogP contribution in [0.15, 0.2) is 0 Å². The summed E-state index contributed by atoms with van der Waals surface area (Å²) in [5.74, 6) is 0.131. The molecule has 1 amide bonds. The third-order valence-corrected chi connectivity index (χ3v) is 3.94. The summed E-state index contributed by atoms with van der Waals surface area (Å²) in [6.07, 6.45) is 5.65. The SMILES string of the molecule is CC1(CNC(=O)CC2CNCCO2)CCCC1.Cl. The summed E-state index contributed by atoms with van der Waals surface area (Å²) in [7, 11) is 0. The number of halogens is 1. The van der Waals surface area contributed by atoms with E-state index in [1.54, 1.807) is 0 Å². The molecule has 0 spiro atoms. The Morgan fingerprint density at radius 2 is 2.17 bits per heavy atom. The van der Waals surface area contributed by atoms with Crippen LogP contribution in [0.3, 0.4) is 0 Å². The Bertz CT molecular complexity index is 262. The fourth-order valence-electron chi connectivity index (χ4n) is 2.75. The van der Waals surface area contributed by atoms with Crippen LogP contribution in [0.5, 0.6) is 0 Å². The van der Waals surface area contributed by atoms with Crippen molar-refractivity contribution in [2.24, 2.45) is 5.41 Å². The van der Waals surface area contributed by atoms with Gasteiger partial charge < -0.3 is 15.4 Å². The zero-order chi connectivity index (χ0) is 12.1. The van der Waals surface area contributed by atoms with Gasteiger partial charge in [-0.15, -0.1) is 12.4 Å². The molecule has 1 heterocycles. The quantitative estimate of drug-likeness (QED) is 0.818. The smallest absolute Gasteiger partial charge is 0.222 e. The molecule has 0 aromatic rings. The van der Waals surface area contributed by atoms with E-state index in [1.807, 2.05) is 0 Å². The highest BCUT2D eigenvalue weighted by Gasteiger charge is 2.29. The Morgan fingerprint density at radius 3 is 2.78 bits per heavy atom. The highest BCUT2D eigenvalue weighted by Crippen LogP contribution is 2.36. The molecule has 0 aromatic heterocycles. The van der Waals surface area contributed by atoms with Crippen molar-refractivity contribution in [3.8, 4) is 0 Å². The number of rotatable bonds is 4. The lowest BCUT2D eigenvalue weighted by atomic mass is 9.89. The number of hydrogen-bond donors (Lipinski definition) is 2. The molecular weight excluding hydrogens is 252 g/mol. The minimum Gasteiger partial charge on any atom is -0.375 e. The predicted octanol–water partition coefficient (Wildman–Crippen LogP) is 1.48. The largest absolute Gasteiger partial charge is 0.375 e. The van der Waals surface area contributed by atoms with E-state index in [0.29, 0.717) is 11.8 Å². The molecule has 4 nitrogen and oxygen atoms in total. The average Bonchev–Trinajstić information content (AvgIpc) is 2.76. The van der Waals surface area contributed by atoms with Gasteiger partial charge in [0.25, 0.3) is 0 Å². The first-order chi connectivity index (χ1) is 8.18. The molecule has 18 heavy (non-hydrogen) atoms. The standard InChI is InChI=1S/C13H24N2O2.ClH/c1-13(4-2-3-5-13)10-15-12(16)8-11-9-14-6-7-17-11;/h11,14H,2-10H2,1H3,(H,15,16);1H. The predicted molar refractivity (Wildman–Crippen MR) is 74.1 cm³/mol. The van der Waals surface area contributed by atoms with Gasteiger partial charge in [0.05, 0.1) is 19.1 Å². The normalized spacial score (nSPS) is 26.4. The summed E-state index contributed by atoms with van der Waals surface area (Å²) in [4.78, 5) is 11.8. The molecule has 0 aromatic carbocycles. The first-order valence-corrected chi connectivity index (χ1v) is 6.77. The molecule has 1 unspecified atom stereocenters. The number of carbonyl (C=O) groups is 1. The van der Waals surface area contributed by atoms with E-state index < -0.39 is 0 Å². The van der Waals surface area contributed by atoms with Crippen LogP contribution in [0.25, 0.3) is 0 Å². The topological polar surface area (TPSA) is 50.4 Å². The van der Waals surface area contributed by atoms with Crippen molar-refractivity contribution in [1.82, 2.24) is 10.6 Å². The third kappa shape index (κ3) is 4.75. The van der Waals surface area contributed by atoms with Crippen LogP contribution >= 0.6 is 12.4 Å². The van der Waals surface area contributed by atoms with E-state index >= 15 is 0 Å². The van der Waals surface area contributed by atoms with Crippen molar-refractivity contribution >= 4 is 18.3 Å². The van der Waals surface area contributed by atoms with E-state index in [9.17, 15) is 4.79 Å². The van der Waals surface area contributed by atoms with E-state index in [1.165, 1.54) is 25.7 Å². The molecule has 1 saturated carbocycles. The first-order valence-electron chi connectivity index (χ1n) is 6.77. The van der Waals surface area contributed by atoms with Crippen LogP contribution in [0, 0.1) is 5.41 Å². The van der Waals surface area contributed by atoms with Crippen molar-refractivity contribution in [2.75, 3.05) is 26.2 Å². The molecule has 1 saturated heterocycles. The Hall–Kier alpha value is -0.320. The van der Waals surface area contributed by atoms with Gasteiger partial charge in [-0.1, -0.05) is 19.8 Å². The minimum absolute atomic E-state index is 0. The zero-order valence-corrected chi connectivity index (χ0v) is 12.0. The van der Waals surface area contributed by atoms with Gasteiger partial charge in [0.2, 0.25) is 5.91 Å². The molecule has 0 radical (unpaired) electrons. The summed E-state index contributed by atoms with van der Waals surface area (Å²) in [6.45, 7) is 5.52. The molecule has 2 aliphatic rings. The molecule has 1 aliphatic carbocycles. The monoisotopic (exact) mass is 276 g/mol. The maximum absolute atomic E-state index is 11.8. The summed E-state index contributed by atoms with van der Waals surface area (Å²) in [5.41, 5.74) is 0.335. The van der Waals surface area contributed by atoms with Crippen LogP contribution in [-0.2, 0) is 9.53 Å². The molecule has 2 N–H and O–H groups in total. The summed E-state index contributed by atoms with van der Waals surface area (Å²) >= 11 is 0. The number of ether oxygens (including phenoxy) is 1. The number of amides is 1. The van der Waals surface area contributed by atoms with Crippen molar-refractivity contribution in [3.63, 3.8) is 0 Å². The second-order valence-corrected chi connectivity index (χ2v) is 5.70. The summed E-state index contributed by atoms with van der Waals surface area (Å²) in [6, 6.07) is 0. The van der Waals surface area contributed by atoms with E-state index in [-0.39, 0.29) is 24.4 Å². The first kappa shape index (κ1) is 15.7. The van der Waals surface area contributed by atoms with Gasteiger partial charge in [0, 0.05) is 19.6 Å². The number of hydrogen-bond acceptors (Lipinski definition) is 3. The lowest BCUT2D eigenvalue weighted by molar-refractivity contribution is -0.124. The maximum Gasteiger partial charge on any atom is 0.222 e. The van der Waals surface area contributed by atoms with E-state index in [0.717, 1.165) is 26.2 Å². The molecule has 2 fully saturated rings. The van der Waals surface area contributed by atoms with E-state index in [2.05, 4.69) is 17.6 Å². The number of carbonyl (C=O) groups excluding carboxylic acids is 1. The van der Waals surface area contributed by atoms with Gasteiger partial charge in [0.1, 0.15) is 0 Å². The van der Waals surface area contributed by atoms with Crippen LogP contribution in [-0.4, -0.2) is 38.3 Å². The highest BCUT2D eigenvalue weighted by molar-refractivity contribution is 5.85. The van der Waals surface area contributed by atoms with Gasteiger partial charge in [0.15, 0.2) is 0 Å². The van der Waals surface area contributed by atoms with Gasteiger partial charge in [-0.25, -0.2) is 0 Å². The van der Waals surface area contributed by atoms with Crippen molar-refractivity contribution in [2.45, 2.75) is 45.1 Å². The zero-order valence-electron chi connectivity index (χ0n) is 11.2. The second-order valence-electron chi connectivity index (χ2n) is 5.70. The third-order valence-electron chi connectivity index (χ3n) is 3.94. The maximum atomic E-state index is 11.8. The molecule has 1 aliphatic heterocycles. The lowest BCUT2D eigenvalue weighted by Crippen LogP contribution is -2.42. The Balaban J connectivity index is 0.00000162. The number of morpholine rings is 1. The fourth-order valence-corrected chi connectivity index (χ4v) is 2.75. The average molecular weight is 277 g/mol. The molecular formula is C13H25ClN2O2. The number of nitrogens with one attached hydrogen (secondary N) is 2. The molecule has 1 atom stereocenters. The summed E-state index contributed by atoms with van der Waals surface area (Å²) in [5, 5.41) is 6.31. The molecule has 2 rings (SSSR count). The fraction of sp³-hybridized carbons (Fsp3) is 0.923. The van der Waals surface area contributed by atoms with Gasteiger partial charge >= 0.3 is 0 Å². The van der Waals surface area contributed by atoms with Crippen LogP contribution in [0.4, 0.5) is 0 Å². The van der Waals surface area contributed by atoms with E-state index in [4.69, 9.17) is 4.74 Å². The van der Waals surface area contributed by atoms with Gasteiger partial charge in [-0.2, -0.15) is 0 Å². The highest BCUT2D eigenvalue weighted by atomic mass is 35.5. The van der Waals surface area contributed by atoms with Crippen molar-refractivity contribution in [3.05, 3.63) is 0 Å². The van der Waals surface area contributed by atoms with Crippen LogP contribution in [0.2, 0.25) is 0 Å². The summed E-state index contributed by atoms with van der Waals surface area (Å²) < 4.78 is 5.52. The van der Waals surface area contributed by atoms with Crippen molar-refractivity contribution < 1.29 is 9.53 Å². The molecule has 106 valence electrons. The van der Waals surface area contributed by atoms with Crippen LogP contribution < -0.4 is 10.6 Å². The minimum atomic E-state index is 0. The molecule has 0 bridgehead atoms. The van der Waals surface area contributed by atoms with Crippen molar-refractivity contribution in [1.29, 1.82) is 0 Å². The second kappa shape index (κ2) is 7.31. The van der Waals surface area contributed by atoms with Gasteiger partial charge in [-0.3, -0.25) is 4.79 Å². The Morgan fingerprint density at radius 1 is 1.44 bits per heavy atom.